The zero-order valence-corrected chi connectivity index (χ0v) is 8.89. The van der Waals surface area contributed by atoms with Crippen LogP contribution in [0.3, 0.4) is 0 Å². The van der Waals surface area contributed by atoms with Crippen molar-refractivity contribution in [1.82, 2.24) is 10.4 Å². The Morgan fingerprint density at radius 2 is 1.93 bits per heavy atom. The maximum absolute atomic E-state index is 9.56. The van der Waals surface area contributed by atoms with Gasteiger partial charge in [0.15, 0.2) is 0 Å². The molecule has 0 aliphatic rings. The van der Waals surface area contributed by atoms with E-state index in [2.05, 4.69) is 5.32 Å². The number of nitrogens with two attached hydrogens (primary N) is 1. The second-order valence-corrected chi connectivity index (χ2v) is 3.41. The summed E-state index contributed by atoms with van der Waals surface area (Å²) in [5.74, 6) is 0. The predicted molar refractivity (Wildman–Crippen MR) is 60.6 cm³/mol. The normalized spacial score (nSPS) is 10.9. The maximum atomic E-state index is 9.56. The van der Waals surface area contributed by atoms with Gasteiger partial charge in [-0.3, -0.25) is 0 Å². The molecule has 1 rings (SSSR count). The van der Waals surface area contributed by atoms with Crippen molar-refractivity contribution in [2.75, 3.05) is 26.2 Å². The maximum Gasteiger partial charge on any atom is 0.0489 e. The fraction of sp³-hybridized carbons (Fsp3) is 0.455. The Kier molecular flexibility index (Phi) is 5.96. The lowest BCUT2D eigenvalue weighted by atomic mass is 10.2. The van der Waals surface area contributed by atoms with Crippen molar-refractivity contribution >= 4 is 0 Å². The molecule has 4 heteroatoms. The predicted octanol–water partition coefficient (Wildman–Crippen LogP) is 0.426. The SMILES string of the molecule is NCCNCCN(O)Cc1ccccc1. The molecule has 0 fully saturated rings. The molecular weight excluding hydrogens is 190 g/mol. The van der Waals surface area contributed by atoms with Gasteiger partial charge >= 0.3 is 0 Å². The first-order valence-electron chi connectivity index (χ1n) is 5.21. The second kappa shape index (κ2) is 7.36. The summed E-state index contributed by atoms with van der Waals surface area (Å²) >= 11 is 0. The zero-order valence-electron chi connectivity index (χ0n) is 8.89. The van der Waals surface area contributed by atoms with Crippen LogP contribution in [0.25, 0.3) is 0 Å². The molecule has 84 valence electrons. The summed E-state index contributed by atoms with van der Waals surface area (Å²) in [5.41, 5.74) is 6.44. The van der Waals surface area contributed by atoms with Crippen molar-refractivity contribution in [2.24, 2.45) is 5.73 Å². The monoisotopic (exact) mass is 209 g/mol. The summed E-state index contributed by atoms with van der Waals surface area (Å²) in [6.07, 6.45) is 0. The van der Waals surface area contributed by atoms with Gasteiger partial charge in [0, 0.05) is 32.7 Å². The van der Waals surface area contributed by atoms with Crippen molar-refractivity contribution in [3.8, 4) is 0 Å². The van der Waals surface area contributed by atoms with Crippen LogP contribution in [0.2, 0.25) is 0 Å². The summed E-state index contributed by atoms with van der Waals surface area (Å²) in [4.78, 5) is 0. The molecule has 0 aliphatic carbocycles. The third-order valence-corrected chi connectivity index (χ3v) is 2.08. The summed E-state index contributed by atoms with van der Waals surface area (Å²) in [6, 6.07) is 9.90. The molecule has 0 aliphatic heterocycles. The minimum absolute atomic E-state index is 0.561. The summed E-state index contributed by atoms with van der Waals surface area (Å²) in [5, 5.41) is 14.0. The summed E-state index contributed by atoms with van der Waals surface area (Å²) in [6.45, 7) is 3.34. The van der Waals surface area contributed by atoms with Crippen molar-refractivity contribution in [2.45, 2.75) is 6.54 Å². The highest BCUT2D eigenvalue weighted by Gasteiger charge is 2.00. The second-order valence-electron chi connectivity index (χ2n) is 3.41. The van der Waals surface area contributed by atoms with E-state index in [9.17, 15) is 5.21 Å². The first-order valence-corrected chi connectivity index (χ1v) is 5.21. The lowest BCUT2D eigenvalue weighted by molar-refractivity contribution is -0.0976. The summed E-state index contributed by atoms with van der Waals surface area (Å²) < 4.78 is 0. The highest BCUT2D eigenvalue weighted by Crippen LogP contribution is 2.01. The van der Waals surface area contributed by atoms with E-state index in [0.29, 0.717) is 19.6 Å². The van der Waals surface area contributed by atoms with Crippen LogP contribution in [0, 0.1) is 0 Å². The Balaban J connectivity index is 2.16. The average molecular weight is 209 g/mol. The van der Waals surface area contributed by atoms with E-state index in [0.717, 1.165) is 18.7 Å². The first kappa shape index (κ1) is 12.1. The lowest BCUT2D eigenvalue weighted by Crippen LogP contribution is -2.32. The molecule has 1 aromatic rings. The Bertz CT molecular complexity index is 253. The van der Waals surface area contributed by atoms with Crippen molar-refractivity contribution in [3.05, 3.63) is 35.9 Å². The van der Waals surface area contributed by atoms with E-state index in [4.69, 9.17) is 5.73 Å². The zero-order chi connectivity index (χ0) is 10.9. The highest BCUT2D eigenvalue weighted by atomic mass is 16.5. The molecule has 4 nitrogen and oxygen atoms in total. The van der Waals surface area contributed by atoms with Crippen LogP contribution in [-0.4, -0.2) is 36.4 Å². The van der Waals surface area contributed by atoms with E-state index < -0.39 is 0 Å². The van der Waals surface area contributed by atoms with E-state index >= 15 is 0 Å². The van der Waals surface area contributed by atoms with Crippen molar-refractivity contribution in [3.63, 3.8) is 0 Å². The molecule has 15 heavy (non-hydrogen) atoms. The van der Waals surface area contributed by atoms with Crippen molar-refractivity contribution < 1.29 is 5.21 Å². The number of hydrogen-bond acceptors (Lipinski definition) is 4. The molecule has 0 heterocycles. The molecule has 0 saturated heterocycles. The Morgan fingerprint density at radius 3 is 2.60 bits per heavy atom. The van der Waals surface area contributed by atoms with Gasteiger partial charge in [-0.05, 0) is 5.56 Å². The molecule has 0 atom stereocenters. The third-order valence-electron chi connectivity index (χ3n) is 2.08. The average Bonchev–Trinajstić information content (AvgIpc) is 2.26. The Morgan fingerprint density at radius 1 is 1.20 bits per heavy atom. The first-order chi connectivity index (χ1) is 7.33. The molecule has 0 amide bonds. The van der Waals surface area contributed by atoms with Crippen LogP contribution in [0.1, 0.15) is 5.56 Å². The molecule has 0 aromatic heterocycles. The summed E-state index contributed by atoms with van der Waals surface area (Å²) in [7, 11) is 0. The molecule has 1 aromatic carbocycles. The minimum Gasteiger partial charge on any atom is -0.329 e. The van der Waals surface area contributed by atoms with Crippen LogP contribution in [0.4, 0.5) is 0 Å². The third kappa shape index (κ3) is 5.49. The van der Waals surface area contributed by atoms with E-state index in [1.54, 1.807) is 0 Å². The van der Waals surface area contributed by atoms with E-state index in [-0.39, 0.29) is 0 Å². The number of hydroxylamine groups is 2. The number of hydrogen-bond donors (Lipinski definition) is 3. The molecule has 0 radical (unpaired) electrons. The lowest BCUT2D eigenvalue weighted by Gasteiger charge is -2.14. The van der Waals surface area contributed by atoms with Gasteiger partial charge in [-0.15, -0.1) is 0 Å². The van der Waals surface area contributed by atoms with Crippen molar-refractivity contribution in [1.29, 1.82) is 0 Å². The van der Waals surface area contributed by atoms with E-state index in [1.807, 2.05) is 30.3 Å². The molecular formula is C11H19N3O. The van der Waals surface area contributed by atoms with Crippen LogP contribution < -0.4 is 11.1 Å². The minimum atomic E-state index is 0.561. The number of rotatable bonds is 7. The smallest absolute Gasteiger partial charge is 0.0489 e. The van der Waals surface area contributed by atoms with Gasteiger partial charge in [0.05, 0.1) is 0 Å². The molecule has 4 N–H and O–H groups in total. The van der Waals surface area contributed by atoms with Gasteiger partial charge in [0.25, 0.3) is 0 Å². The molecule has 0 spiro atoms. The van der Waals surface area contributed by atoms with E-state index in [1.165, 1.54) is 5.06 Å². The van der Waals surface area contributed by atoms with Crippen LogP contribution in [-0.2, 0) is 6.54 Å². The number of nitrogens with one attached hydrogen (secondary N) is 1. The molecule has 0 saturated carbocycles. The standard InChI is InChI=1S/C11H19N3O/c12-6-7-13-8-9-14(15)10-11-4-2-1-3-5-11/h1-5,13,15H,6-10,12H2. The topological polar surface area (TPSA) is 61.5 Å². The molecule has 0 unspecified atom stereocenters. The van der Waals surface area contributed by atoms with Crippen LogP contribution in [0.5, 0.6) is 0 Å². The fourth-order valence-electron chi connectivity index (χ4n) is 1.31. The van der Waals surface area contributed by atoms with Gasteiger partial charge in [0.1, 0.15) is 0 Å². The number of nitrogens with zero attached hydrogens (tertiary/aromatic N) is 1. The van der Waals surface area contributed by atoms with Gasteiger partial charge < -0.3 is 16.3 Å². The van der Waals surface area contributed by atoms with Gasteiger partial charge in [-0.2, -0.15) is 5.06 Å². The van der Waals surface area contributed by atoms with Crippen LogP contribution >= 0.6 is 0 Å². The van der Waals surface area contributed by atoms with Crippen LogP contribution in [0.15, 0.2) is 30.3 Å². The van der Waals surface area contributed by atoms with Gasteiger partial charge in [0.2, 0.25) is 0 Å². The Hall–Kier alpha value is -0.940. The number of benzene rings is 1. The van der Waals surface area contributed by atoms with Gasteiger partial charge in [-0.1, -0.05) is 30.3 Å². The largest absolute Gasteiger partial charge is 0.329 e. The Labute approximate surface area is 90.7 Å². The van der Waals surface area contributed by atoms with Gasteiger partial charge in [-0.25, -0.2) is 0 Å². The highest BCUT2D eigenvalue weighted by molar-refractivity contribution is 5.13. The fourth-order valence-corrected chi connectivity index (χ4v) is 1.31. The molecule has 0 bridgehead atoms. The quantitative estimate of drug-likeness (QED) is 0.450.